The van der Waals surface area contributed by atoms with Gasteiger partial charge in [-0.05, 0) is 48.4 Å². The standard InChI is InChI=1S/C19H21NO5/c1-24-13-14-4-2-5-15(12-14)19(23)20-16-7-9-17(10-8-16)25-11-3-6-18(21)22/h2,4-5,7-10,12H,3,6,11,13H2,1H3,(H,20,23)(H,21,22). The Morgan fingerprint density at radius 2 is 1.88 bits per heavy atom. The molecule has 2 aromatic carbocycles. The second-order valence-corrected chi connectivity index (χ2v) is 5.46. The van der Waals surface area contributed by atoms with Crippen LogP contribution in [0.5, 0.6) is 5.75 Å². The van der Waals surface area contributed by atoms with Crippen LogP contribution in [-0.4, -0.2) is 30.7 Å². The van der Waals surface area contributed by atoms with Crippen molar-refractivity contribution in [2.45, 2.75) is 19.4 Å². The van der Waals surface area contributed by atoms with Crippen LogP contribution < -0.4 is 10.1 Å². The van der Waals surface area contributed by atoms with Crippen LogP contribution in [0.2, 0.25) is 0 Å². The van der Waals surface area contributed by atoms with Crippen LogP contribution in [0.3, 0.4) is 0 Å². The van der Waals surface area contributed by atoms with E-state index in [-0.39, 0.29) is 12.3 Å². The van der Waals surface area contributed by atoms with E-state index in [4.69, 9.17) is 14.6 Å². The van der Waals surface area contributed by atoms with E-state index in [1.165, 1.54) is 0 Å². The number of benzene rings is 2. The summed E-state index contributed by atoms with van der Waals surface area (Å²) in [5.41, 5.74) is 2.14. The Morgan fingerprint density at radius 1 is 1.12 bits per heavy atom. The summed E-state index contributed by atoms with van der Waals surface area (Å²) in [6.45, 7) is 0.791. The van der Waals surface area contributed by atoms with Gasteiger partial charge in [0.2, 0.25) is 0 Å². The highest BCUT2D eigenvalue weighted by Crippen LogP contribution is 2.17. The van der Waals surface area contributed by atoms with Gasteiger partial charge in [-0.15, -0.1) is 0 Å². The van der Waals surface area contributed by atoms with E-state index in [0.717, 1.165) is 5.56 Å². The zero-order valence-electron chi connectivity index (χ0n) is 14.0. The Morgan fingerprint density at radius 3 is 2.56 bits per heavy atom. The summed E-state index contributed by atoms with van der Waals surface area (Å²) < 4.78 is 10.5. The molecule has 2 N–H and O–H groups in total. The quantitative estimate of drug-likeness (QED) is 0.682. The van der Waals surface area contributed by atoms with Crippen LogP contribution in [-0.2, 0) is 16.1 Å². The number of aliphatic carboxylic acids is 1. The van der Waals surface area contributed by atoms with Crippen molar-refractivity contribution >= 4 is 17.6 Å². The number of ether oxygens (including phenoxy) is 2. The zero-order valence-corrected chi connectivity index (χ0v) is 14.0. The van der Waals surface area contributed by atoms with E-state index < -0.39 is 5.97 Å². The summed E-state index contributed by atoms with van der Waals surface area (Å²) in [6.07, 6.45) is 0.530. The summed E-state index contributed by atoms with van der Waals surface area (Å²) in [4.78, 5) is 22.7. The first-order chi connectivity index (χ1) is 12.1. The maximum absolute atomic E-state index is 12.3. The molecule has 0 saturated carbocycles. The third kappa shape index (κ3) is 6.27. The van der Waals surface area contributed by atoms with Crippen molar-refractivity contribution in [2.24, 2.45) is 0 Å². The normalized spacial score (nSPS) is 10.3. The molecule has 0 unspecified atom stereocenters. The average molecular weight is 343 g/mol. The van der Waals surface area contributed by atoms with Gasteiger partial charge >= 0.3 is 5.97 Å². The minimum atomic E-state index is -0.837. The first-order valence-electron chi connectivity index (χ1n) is 7.92. The molecule has 0 aromatic heterocycles. The molecular formula is C19H21NO5. The number of methoxy groups -OCH3 is 1. The number of hydrogen-bond donors (Lipinski definition) is 2. The Bertz CT molecular complexity index is 712. The molecule has 132 valence electrons. The molecule has 0 bridgehead atoms. The first kappa shape index (κ1) is 18.5. The third-order valence-electron chi connectivity index (χ3n) is 3.42. The number of carbonyl (C=O) groups excluding carboxylic acids is 1. The fraction of sp³-hybridized carbons (Fsp3) is 0.263. The molecule has 6 heteroatoms. The largest absolute Gasteiger partial charge is 0.494 e. The van der Waals surface area contributed by atoms with Gasteiger partial charge in [-0.3, -0.25) is 9.59 Å². The van der Waals surface area contributed by atoms with Gasteiger partial charge in [0.05, 0.1) is 13.2 Å². The number of hydrogen-bond acceptors (Lipinski definition) is 4. The highest BCUT2D eigenvalue weighted by molar-refractivity contribution is 6.04. The molecule has 0 heterocycles. The lowest BCUT2D eigenvalue weighted by molar-refractivity contribution is -0.137. The molecule has 6 nitrogen and oxygen atoms in total. The number of rotatable bonds is 9. The van der Waals surface area contributed by atoms with Crippen molar-refractivity contribution in [2.75, 3.05) is 19.0 Å². The molecule has 0 saturated heterocycles. The van der Waals surface area contributed by atoms with Crippen molar-refractivity contribution in [1.29, 1.82) is 0 Å². The number of carboxylic acid groups (broad SMARTS) is 1. The van der Waals surface area contributed by atoms with Crippen molar-refractivity contribution in [1.82, 2.24) is 0 Å². The van der Waals surface area contributed by atoms with E-state index in [2.05, 4.69) is 5.32 Å². The van der Waals surface area contributed by atoms with Gasteiger partial charge in [0.1, 0.15) is 5.75 Å². The molecule has 0 spiro atoms. The van der Waals surface area contributed by atoms with Crippen molar-refractivity contribution in [3.05, 3.63) is 59.7 Å². The van der Waals surface area contributed by atoms with Crippen LogP contribution in [0.25, 0.3) is 0 Å². The van der Waals surface area contributed by atoms with E-state index in [9.17, 15) is 9.59 Å². The molecular weight excluding hydrogens is 322 g/mol. The van der Waals surface area contributed by atoms with Crippen molar-refractivity contribution in [3.63, 3.8) is 0 Å². The highest BCUT2D eigenvalue weighted by Gasteiger charge is 2.07. The predicted molar refractivity (Wildman–Crippen MR) is 93.9 cm³/mol. The molecule has 0 aliphatic heterocycles. The molecule has 0 radical (unpaired) electrons. The molecule has 2 aromatic rings. The fourth-order valence-corrected chi connectivity index (χ4v) is 2.22. The number of amides is 1. The van der Waals surface area contributed by atoms with Gasteiger partial charge < -0.3 is 19.9 Å². The minimum Gasteiger partial charge on any atom is -0.494 e. The lowest BCUT2D eigenvalue weighted by Crippen LogP contribution is -2.12. The predicted octanol–water partition coefficient (Wildman–Crippen LogP) is 3.33. The SMILES string of the molecule is COCc1cccc(C(=O)Nc2ccc(OCCCC(=O)O)cc2)c1. The van der Waals surface area contributed by atoms with Crippen molar-refractivity contribution in [3.8, 4) is 5.75 Å². The maximum Gasteiger partial charge on any atom is 0.303 e. The Balaban J connectivity index is 1.88. The van der Waals surface area contributed by atoms with Crippen LogP contribution >= 0.6 is 0 Å². The maximum atomic E-state index is 12.3. The van der Waals surface area contributed by atoms with Crippen LogP contribution in [0, 0.1) is 0 Å². The second-order valence-electron chi connectivity index (χ2n) is 5.46. The summed E-state index contributed by atoms with van der Waals surface area (Å²) in [7, 11) is 1.61. The smallest absolute Gasteiger partial charge is 0.303 e. The van der Waals surface area contributed by atoms with Crippen molar-refractivity contribution < 1.29 is 24.2 Å². The fourth-order valence-electron chi connectivity index (χ4n) is 2.22. The molecule has 0 aliphatic rings. The zero-order chi connectivity index (χ0) is 18.1. The van der Waals surface area contributed by atoms with Crippen LogP contribution in [0.15, 0.2) is 48.5 Å². The number of carbonyl (C=O) groups is 2. The van der Waals surface area contributed by atoms with E-state index in [0.29, 0.717) is 36.6 Å². The third-order valence-corrected chi connectivity index (χ3v) is 3.42. The molecule has 25 heavy (non-hydrogen) atoms. The van der Waals surface area contributed by atoms with Gasteiger partial charge in [-0.1, -0.05) is 12.1 Å². The Labute approximate surface area is 146 Å². The monoisotopic (exact) mass is 343 g/mol. The summed E-state index contributed by atoms with van der Waals surface area (Å²) in [6, 6.07) is 14.2. The van der Waals surface area contributed by atoms with Gasteiger partial charge in [0.25, 0.3) is 5.91 Å². The molecule has 2 rings (SSSR count). The summed E-state index contributed by atoms with van der Waals surface area (Å²) >= 11 is 0. The number of carboxylic acids is 1. The second kappa shape index (κ2) is 9.44. The lowest BCUT2D eigenvalue weighted by atomic mass is 10.1. The Kier molecular flexibility index (Phi) is 6.98. The average Bonchev–Trinajstić information content (AvgIpc) is 2.60. The van der Waals surface area contributed by atoms with E-state index in [1.54, 1.807) is 43.5 Å². The topological polar surface area (TPSA) is 84.9 Å². The van der Waals surface area contributed by atoms with Gasteiger partial charge in [0, 0.05) is 24.8 Å². The summed E-state index contributed by atoms with van der Waals surface area (Å²) in [5.74, 6) is -0.408. The summed E-state index contributed by atoms with van der Waals surface area (Å²) in [5, 5.41) is 11.4. The first-order valence-corrected chi connectivity index (χ1v) is 7.92. The van der Waals surface area contributed by atoms with E-state index in [1.807, 2.05) is 12.1 Å². The molecule has 1 amide bonds. The van der Waals surface area contributed by atoms with Gasteiger partial charge in [0.15, 0.2) is 0 Å². The number of nitrogens with one attached hydrogen (secondary N) is 1. The lowest BCUT2D eigenvalue weighted by Gasteiger charge is -2.09. The van der Waals surface area contributed by atoms with Gasteiger partial charge in [-0.2, -0.15) is 0 Å². The highest BCUT2D eigenvalue weighted by atomic mass is 16.5. The number of anilines is 1. The molecule has 0 atom stereocenters. The van der Waals surface area contributed by atoms with Gasteiger partial charge in [-0.25, -0.2) is 0 Å². The van der Waals surface area contributed by atoms with Crippen LogP contribution in [0.1, 0.15) is 28.8 Å². The molecule has 0 fully saturated rings. The van der Waals surface area contributed by atoms with E-state index >= 15 is 0 Å². The minimum absolute atomic E-state index is 0.0796. The molecule has 0 aliphatic carbocycles. The Hall–Kier alpha value is -2.86. The van der Waals surface area contributed by atoms with Crippen LogP contribution in [0.4, 0.5) is 5.69 Å².